The minimum absolute atomic E-state index is 0.123. The second-order valence-corrected chi connectivity index (χ2v) is 6.00. The van der Waals surface area contributed by atoms with Crippen LogP contribution in [-0.2, 0) is 9.59 Å². The quantitative estimate of drug-likeness (QED) is 0.370. The van der Waals surface area contributed by atoms with E-state index in [-0.39, 0.29) is 10.9 Å². The second kappa shape index (κ2) is 7.99. The van der Waals surface area contributed by atoms with E-state index in [0.29, 0.717) is 10.6 Å². The van der Waals surface area contributed by atoms with Crippen molar-refractivity contribution < 1.29 is 14.7 Å². The highest BCUT2D eigenvalue weighted by atomic mass is 32.1. The van der Waals surface area contributed by atoms with Crippen molar-refractivity contribution in [3.63, 3.8) is 0 Å². The van der Waals surface area contributed by atoms with Crippen molar-refractivity contribution in [2.24, 2.45) is 5.10 Å². The number of rotatable bonds is 4. The Labute approximate surface area is 152 Å². The van der Waals surface area contributed by atoms with Crippen molar-refractivity contribution in [2.75, 3.05) is 5.32 Å². The molecule has 0 unspecified atom stereocenters. The number of phenolic OH excluding ortho intramolecular Hbond substituents is 1. The van der Waals surface area contributed by atoms with E-state index in [1.54, 1.807) is 12.1 Å². The second-order valence-electron chi connectivity index (χ2n) is 5.02. The van der Waals surface area contributed by atoms with Crippen molar-refractivity contribution in [3.8, 4) is 16.3 Å². The Hall–Kier alpha value is -3.59. The average Bonchev–Trinajstić information content (AvgIpc) is 3.12. The number of anilines is 1. The lowest BCUT2D eigenvalue weighted by Crippen LogP contribution is -2.32. The fourth-order valence-electron chi connectivity index (χ4n) is 1.90. The summed E-state index contributed by atoms with van der Waals surface area (Å²) in [6.45, 7) is 0. The summed E-state index contributed by atoms with van der Waals surface area (Å²) in [5.41, 5.74) is 3.64. The molecule has 0 aliphatic rings. The third kappa shape index (κ3) is 4.48. The van der Waals surface area contributed by atoms with Crippen LogP contribution in [-0.4, -0.2) is 33.3 Å². The molecule has 0 bridgehead atoms. The van der Waals surface area contributed by atoms with Gasteiger partial charge in [0.1, 0.15) is 10.8 Å². The zero-order valence-corrected chi connectivity index (χ0v) is 14.1. The minimum Gasteiger partial charge on any atom is -0.508 e. The van der Waals surface area contributed by atoms with Crippen LogP contribution in [0.25, 0.3) is 10.6 Å². The van der Waals surface area contributed by atoms with Gasteiger partial charge in [0.25, 0.3) is 0 Å². The molecule has 3 rings (SSSR count). The summed E-state index contributed by atoms with van der Waals surface area (Å²) in [6.07, 6.45) is 1.35. The lowest BCUT2D eigenvalue weighted by atomic mass is 10.2. The Morgan fingerprint density at radius 1 is 1.00 bits per heavy atom. The lowest BCUT2D eigenvalue weighted by molar-refractivity contribution is -0.136. The Morgan fingerprint density at radius 3 is 2.46 bits per heavy atom. The number of amides is 2. The van der Waals surface area contributed by atoms with Gasteiger partial charge in [-0.05, 0) is 29.8 Å². The highest BCUT2D eigenvalue weighted by Crippen LogP contribution is 2.25. The van der Waals surface area contributed by atoms with Crippen LogP contribution in [0, 0.1) is 0 Å². The predicted octanol–water partition coefficient (Wildman–Crippen LogP) is 2.00. The molecule has 0 atom stereocenters. The molecule has 0 fully saturated rings. The number of carbonyl (C=O) groups excluding carboxylic acids is 2. The fraction of sp³-hybridized carbons (Fsp3) is 0. The van der Waals surface area contributed by atoms with Crippen molar-refractivity contribution in [1.82, 2.24) is 15.6 Å². The molecule has 3 N–H and O–H groups in total. The molecule has 0 aliphatic heterocycles. The van der Waals surface area contributed by atoms with E-state index < -0.39 is 11.8 Å². The number of aromatic hydroxyl groups is 1. The minimum atomic E-state index is -0.934. The number of aromatic nitrogens is 2. The molecule has 2 aromatic carbocycles. The first-order valence-electron chi connectivity index (χ1n) is 7.44. The number of phenols is 1. The zero-order valence-electron chi connectivity index (χ0n) is 13.3. The van der Waals surface area contributed by atoms with Crippen molar-refractivity contribution >= 4 is 34.5 Å². The Morgan fingerprint density at radius 2 is 1.73 bits per heavy atom. The first kappa shape index (κ1) is 17.2. The van der Waals surface area contributed by atoms with Gasteiger partial charge in [0.15, 0.2) is 0 Å². The largest absolute Gasteiger partial charge is 0.508 e. The molecule has 1 heterocycles. The number of hydrogen-bond acceptors (Lipinski definition) is 7. The first-order valence-corrected chi connectivity index (χ1v) is 8.26. The molecule has 0 radical (unpaired) electrons. The maximum atomic E-state index is 11.9. The Balaban J connectivity index is 1.55. The van der Waals surface area contributed by atoms with E-state index in [0.717, 1.165) is 16.9 Å². The van der Waals surface area contributed by atoms with Gasteiger partial charge in [-0.1, -0.05) is 41.7 Å². The van der Waals surface area contributed by atoms with Crippen LogP contribution in [0.3, 0.4) is 0 Å². The monoisotopic (exact) mass is 367 g/mol. The van der Waals surface area contributed by atoms with Gasteiger partial charge in [0, 0.05) is 5.56 Å². The molecule has 2 amide bonds. The van der Waals surface area contributed by atoms with Crippen LogP contribution in [0.5, 0.6) is 5.75 Å². The van der Waals surface area contributed by atoms with E-state index in [9.17, 15) is 14.7 Å². The molecule has 0 aliphatic carbocycles. The van der Waals surface area contributed by atoms with Gasteiger partial charge < -0.3 is 5.11 Å². The van der Waals surface area contributed by atoms with Crippen molar-refractivity contribution in [3.05, 3.63) is 60.2 Å². The van der Waals surface area contributed by atoms with Crippen LogP contribution < -0.4 is 10.7 Å². The summed E-state index contributed by atoms with van der Waals surface area (Å²) in [6, 6.07) is 15.5. The van der Waals surface area contributed by atoms with E-state index in [2.05, 4.69) is 26.0 Å². The lowest BCUT2D eigenvalue weighted by Gasteiger charge is -1.99. The fourth-order valence-corrected chi connectivity index (χ4v) is 2.65. The highest BCUT2D eigenvalue weighted by molar-refractivity contribution is 7.18. The SMILES string of the molecule is O=C(NN=Cc1ccc(O)cc1)C(=O)Nc1nnc(-c2ccccc2)s1. The van der Waals surface area contributed by atoms with Crippen LogP contribution in [0.2, 0.25) is 0 Å². The molecule has 0 spiro atoms. The summed E-state index contributed by atoms with van der Waals surface area (Å²) >= 11 is 1.16. The van der Waals surface area contributed by atoms with Gasteiger partial charge in [0.2, 0.25) is 5.13 Å². The number of nitrogens with one attached hydrogen (secondary N) is 2. The summed E-state index contributed by atoms with van der Waals surface area (Å²) in [7, 11) is 0. The molecular weight excluding hydrogens is 354 g/mol. The van der Waals surface area contributed by atoms with E-state index >= 15 is 0 Å². The average molecular weight is 367 g/mol. The van der Waals surface area contributed by atoms with E-state index in [4.69, 9.17) is 0 Å². The number of hydrogen-bond donors (Lipinski definition) is 3. The zero-order chi connectivity index (χ0) is 18.4. The first-order chi connectivity index (χ1) is 12.6. The molecule has 3 aromatic rings. The molecule has 0 saturated heterocycles. The van der Waals surface area contributed by atoms with Gasteiger partial charge in [-0.15, -0.1) is 10.2 Å². The van der Waals surface area contributed by atoms with Crippen LogP contribution in [0.15, 0.2) is 59.7 Å². The standard InChI is InChI=1S/C17H13N5O3S/c23-13-8-6-11(7-9-13)10-18-20-15(25)14(24)19-17-22-21-16(26-17)12-4-2-1-3-5-12/h1-10,23H,(H,20,25)(H,19,22,24). The van der Waals surface area contributed by atoms with E-state index in [1.807, 2.05) is 30.3 Å². The predicted molar refractivity (Wildman–Crippen MR) is 97.8 cm³/mol. The van der Waals surface area contributed by atoms with Gasteiger partial charge in [-0.2, -0.15) is 5.10 Å². The van der Waals surface area contributed by atoms with Crippen LogP contribution >= 0.6 is 11.3 Å². The number of nitrogens with zero attached hydrogens (tertiary/aromatic N) is 3. The Kier molecular flexibility index (Phi) is 5.30. The highest BCUT2D eigenvalue weighted by Gasteiger charge is 2.16. The van der Waals surface area contributed by atoms with Crippen LogP contribution in [0.1, 0.15) is 5.56 Å². The maximum Gasteiger partial charge on any atom is 0.329 e. The van der Waals surface area contributed by atoms with Gasteiger partial charge >= 0.3 is 11.8 Å². The molecule has 0 saturated carbocycles. The van der Waals surface area contributed by atoms with Gasteiger partial charge in [-0.25, -0.2) is 5.43 Å². The van der Waals surface area contributed by atoms with Gasteiger partial charge in [0.05, 0.1) is 6.21 Å². The molecule has 1 aromatic heterocycles. The summed E-state index contributed by atoms with van der Waals surface area (Å²) < 4.78 is 0. The topological polar surface area (TPSA) is 117 Å². The van der Waals surface area contributed by atoms with E-state index in [1.165, 1.54) is 18.3 Å². The molecule has 26 heavy (non-hydrogen) atoms. The van der Waals surface area contributed by atoms with Gasteiger partial charge in [-0.3, -0.25) is 14.9 Å². The number of benzene rings is 2. The third-order valence-electron chi connectivity index (χ3n) is 3.15. The van der Waals surface area contributed by atoms with Crippen molar-refractivity contribution in [2.45, 2.75) is 0 Å². The molecule has 130 valence electrons. The third-order valence-corrected chi connectivity index (χ3v) is 4.03. The van der Waals surface area contributed by atoms with Crippen molar-refractivity contribution in [1.29, 1.82) is 0 Å². The number of carbonyl (C=O) groups is 2. The Bertz CT molecular complexity index is 939. The smallest absolute Gasteiger partial charge is 0.329 e. The summed E-state index contributed by atoms with van der Waals surface area (Å²) in [5, 5.41) is 23.9. The summed E-state index contributed by atoms with van der Waals surface area (Å²) in [4.78, 5) is 23.6. The number of hydrazone groups is 1. The molecule has 8 nitrogen and oxygen atoms in total. The molecule has 9 heteroatoms. The van der Waals surface area contributed by atoms with Crippen LogP contribution in [0.4, 0.5) is 5.13 Å². The maximum absolute atomic E-state index is 11.9. The normalized spacial score (nSPS) is 10.6. The molecular formula is C17H13N5O3S. The summed E-state index contributed by atoms with van der Waals surface area (Å²) in [5.74, 6) is -1.71.